The number of carbonyl (C=O) groups is 1. The first kappa shape index (κ1) is 23.7. The van der Waals surface area contributed by atoms with Gasteiger partial charge in [-0.25, -0.2) is 8.42 Å². The summed E-state index contributed by atoms with van der Waals surface area (Å²) < 4.78 is 33.4. The molecule has 1 aliphatic heterocycles. The van der Waals surface area contributed by atoms with Crippen LogP contribution in [0.2, 0.25) is 5.02 Å². The van der Waals surface area contributed by atoms with Crippen molar-refractivity contribution >= 4 is 33.2 Å². The molecule has 1 aliphatic rings. The zero-order chi connectivity index (χ0) is 22.8. The van der Waals surface area contributed by atoms with Gasteiger partial charge in [0.25, 0.3) is 5.91 Å². The normalized spacial score (nSPS) is 19.9. The molecule has 31 heavy (non-hydrogen) atoms. The fourth-order valence-electron chi connectivity index (χ4n) is 3.93. The van der Waals surface area contributed by atoms with Gasteiger partial charge in [-0.05, 0) is 62.1 Å². The second-order valence-corrected chi connectivity index (χ2v) is 10.2. The largest absolute Gasteiger partial charge is 0.373 e. The summed E-state index contributed by atoms with van der Waals surface area (Å²) in [6, 6.07) is 9.89. The van der Waals surface area contributed by atoms with E-state index in [0.29, 0.717) is 17.1 Å². The number of hydrogen-bond acceptors (Lipinski definition) is 4. The van der Waals surface area contributed by atoms with Gasteiger partial charge in [0, 0.05) is 29.4 Å². The van der Waals surface area contributed by atoms with Crippen molar-refractivity contribution < 1.29 is 17.9 Å². The number of nitrogens with zero attached hydrogens (tertiary/aromatic N) is 1. The Labute approximate surface area is 189 Å². The Hall–Kier alpha value is -1.93. The highest BCUT2D eigenvalue weighted by Crippen LogP contribution is 2.30. The summed E-state index contributed by atoms with van der Waals surface area (Å²) in [7, 11) is -3.74. The standard InChI is InChI=1S/C23H29ClN2O4S/c1-5-17-10-11-21(24)20(6-2)22(17)25-23(27)18-8-7-9-19(12-18)31(28,29)26-13-15(3)30-16(4)14-26/h7-12,15-16H,5-6,13-14H2,1-4H3,(H,25,27)/t15-,16+. The van der Waals surface area contributed by atoms with Crippen LogP contribution >= 0.6 is 11.6 Å². The number of halogens is 1. The van der Waals surface area contributed by atoms with E-state index in [1.165, 1.54) is 16.4 Å². The zero-order valence-electron chi connectivity index (χ0n) is 18.3. The SMILES string of the molecule is CCc1ccc(Cl)c(CC)c1NC(=O)c1cccc(S(=O)(=O)N2C[C@@H](C)O[C@@H](C)C2)c1. The molecule has 0 aromatic heterocycles. The van der Waals surface area contributed by atoms with Crippen molar-refractivity contribution in [1.29, 1.82) is 0 Å². The van der Waals surface area contributed by atoms with Crippen LogP contribution in [0.4, 0.5) is 5.69 Å². The predicted molar refractivity (Wildman–Crippen MR) is 123 cm³/mol. The molecule has 0 radical (unpaired) electrons. The van der Waals surface area contributed by atoms with Crippen LogP contribution in [0.25, 0.3) is 0 Å². The molecule has 0 spiro atoms. The molecule has 1 heterocycles. The van der Waals surface area contributed by atoms with E-state index in [9.17, 15) is 13.2 Å². The molecule has 3 rings (SSSR count). The van der Waals surface area contributed by atoms with E-state index in [-0.39, 0.29) is 41.7 Å². The van der Waals surface area contributed by atoms with Gasteiger partial charge in [-0.1, -0.05) is 37.6 Å². The third kappa shape index (κ3) is 5.12. The molecule has 1 fully saturated rings. The molecule has 1 saturated heterocycles. The van der Waals surface area contributed by atoms with E-state index in [4.69, 9.17) is 16.3 Å². The second-order valence-electron chi connectivity index (χ2n) is 7.83. The predicted octanol–water partition coefficient (Wildman–Crippen LogP) is 4.52. The average Bonchev–Trinajstić information content (AvgIpc) is 2.73. The van der Waals surface area contributed by atoms with Crippen molar-refractivity contribution in [3.63, 3.8) is 0 Å². The van der Waals surface area contributed by atoms with Crippen molar-refractivity contribution in [2.45, 2.75) is 57.6 Å². The molecule has 2 atom stereocenters. The van der Waals surface area contributed by atoms with Crippen LogP contribution < -0.4 is 5.32 Å². The lowest BCUT2D eigenvalue weighted by molar-refractivity contribution is -0.0440. The number of ether oxygens (including phenoxy) is 1. The second kappa shape index (κ2) is 9.69. The zero-order valence-corrected chi connectivity index (χ0v) is 19.9. The minimum Gasteiger partial charge on any atom is -0.373 e. The number of nitrogens with one attached hydrogen (secondary N) is 1. The van der Waals surface area contributed by atoms with E-state index in [2.05, 4.69) is 5.32 Å². The summed E-state index contributed by atoms with van der Waals surface area (Å²) in [6.07, 6.45) is 1.03. The van der Waals surface area contributed by atoms with Gasteiger partial charge in [0.15, 0.2) is 0 Å². The van der Waals surface area contributed by atoms with Crippen LogP contribution in [0.1, 0.15) is 49.2 Å². The number of carbonyl (C=O) groups excluding carboxylic acids is 1. The lowest BCUT2D eigenvalue weighted by atomic mass is 10.0. The highest BCUT2D eigenvalue weighted by molar-refractivity contribution is 7.89. The van der Waals surface area contributed by atoms with E-state index in [1.54, 1.807) is 12.1 Å². The molecule has 0 unspecified atom stereocenters. The molecule has 0 aliphatic carbocycles. The maximum atomic E-state index is 13.2. The number of anilines is 1. The Morgan fingerprint density at radius 2 is 1.81 bits per heavy atom. The van der Waals surface area contributed by atoms with Gasteiger partial charge in [-0.15, -0.1) is 0 Å². The topological polar surface area (TPSA) is 75.7 Å². The van der Waals surface area contributed by atoms with Gasteiger partial charge >= 0.3 is 0 Å². The Balaban J connectivity index is 1.90. The highest BCUT2D eigenvalue weighted by atomic mass is 35.5. The van der Waals surface area contributed by atoms with Crippen molar-refractivity contribution in [2.24, 2.45) is 0 Å². The molecule has 1 amide bonds. The Morgan fingerprint density at radius 3 is 2.42 bits per heavy atom. The summed E-state index contributed by atoms with van der Waals surface area (Å²) >= 11 is 6.34. The van der Waals surface area contributed by atoms with Crippen molar-refractivity contribution in [1.82, 2.24) is 4.31 Å². The minimum absolute atomic E-state index is 0.0963. The summed E-state index contributed by atoms with van der Waals surface area (Å²) in [4.78, 5) is 13.1. The Bertz CT molecular complexity index is 1060. The fourth-order valence-corrected chi connectivity index (χ4v) is 5.85. The molecule has 0 bridgehead atoms. The van der Waals surface area contributed by atoms with E-state index >= 15 is 0 Å². The first-order valence-electron chi connectivity index (χ1n) is 10.5. The lowest BCUT2D eigenvalue weighted by Gasteiger charge is -2.34. The number of benzene rings is 2. The summed E-state index contributed by atoms with van der Waals surface area (Å²) in [6.45, 7) is 8.26. The Kier molecular flexibility index (Phi) is 7.42. The number of morpholine rings is 1. The van der Waals surface area contributed by atoms with Gasteiger partial charge in [0.05, 0.1) is 17.1 Å². The maximum Gasteiger partial charge on any atom is 0.255 e. The number of hydrogen-bond donors (Lipinski definition) is 1. The fraction of sp³-hybridized carbons (Fsp3) is 0.435. The molecule has 8 heteroatoms. The van der Waals surface area contributed by atoms with Crippen LogP contribution in [-0.4, -0.2) is 43.9 Å². The van der Waals surface area contributed by atoms with Crippen molar-refractivity contribution in [2.75, 3.05) is 18.4 Å². The van der Waals surface area contributed by atoms with E-state index in [1.807, 2.05) is 39.8 Å². The minimum atomic E-state index is -3.74. The summed E-state index contributed by atoms with van der Waals surface area (Å²) in [5, 5.41) is 3.56. The van der Waals surface area contributed by atoms with Crippen LogP contribution in [0.15, 0.2) is 41.3 Å². The third-order valence-corrected chi connectivity index (χ3v) is 7.62. The molecule has 2 aromatic carbocycles. The first-order chi connectivity index (χ1) is 14.7. The summed E-state index contributed by atoms with van der Waals surface area (Å²) in [5.74, 6) is -0.368. The third-order valence-electron chi connectivity index (χ3n) is 5.44. The van der Waals surface area contributed by atoms with E-state index in [0.717, 1.165) is 17.5 Å². The molecule has 6 nitrogen and oxygen atoms in total. The van der Waals surface area contributed by atoms with Gasteiger partial charge < -0.3 is 10.1 Å². The smallest absolute Gasteiger partial charge is 0.255 e. The molecule has 168 valence electrons. The van der Waals surface area contributed by atoms with Crippen molar-refractivity contribution in [3.05, 3.63) is 58.1 Å². The molecular weight excluding hydrogens is 436 g/mol. The quantitative estimate of drug-likeness (QED) is 0.682. The van der Waals surface area contributed by atoms with Crippen LogP contribution in [0.5, 0.6) is 0 Å². The van der Waals surface area contributed by atoms with E-state index < -0.39 is 10.0 Å². The summed E-state index contributed by atoms with van der Waals surface area (Å²) in [5.41, 5.74) is 2.83. The highest BCUT2D eigenvalue weighted by Gasteiger charge is 2.32. The first-order valence-corrected chi connectivity index (χ1v) is 12.4. The van der Waals surface area contributed by atoms with Gasteiger partial charge in [0.2, 0.25) is 10.0 Å². The molecule has 1 N–H and O–H groups in total. The number of amides is 1. The average molecular weight is 465 g/mol. The molecule has 2 aromatic rings. The van der Waals surface area contributed by atoms with Gasteiger partial charge in [-0.3, -0.25) is 4.79 Å². The van der Waals surface area contributed by atoms with Crippen LogP contribution in [-0.2, 0) is 27.6 Å². The number of aryl methyl sites for hydroxylation is 1. The van der Waals surface area contributed by atoms with Gasteiger partial charge in [-0.2, -0.15) is 4.31 Å². The number of rotatable bonds is 6. The van der Waals surface area contributed by atoms with Crippen LogP contribution in [0, 0.1) is 0 Å². The Morgan fingerprint density at radius 1 is 1.13 bits per heavy atom. The monoisotopic (exact) mass is 464 g/mol. The lowest BCUT2D eigenvalue weighted by Crippen LogP contribution is -2.48. The van der Waals surface area contributed by atoms with Crippen LogP contribution in [0.3, 0.4) is 0 Å². The molecule has 0 saturated carbocycles. The van der Waals surface area contributed by atoms with Crippen molar-refractivity contribution in [3.8, 4) is 0 Å². The number of sulfonamides is 1. The van der Waals surface area contributed by atoms with Gasteiger partial charge in [0.1, 0.15) is 0 Å². The molecular formula is C23H29ClN2O4S. The maximum absolute atomic E-state index is 13.2.